The standard InChI is InChI=1S/C9H14N2O4/c1-3-9(4-5(2)6(12)13)7(14)10-8(15)11-9/h5H,3-4H2,1-2H3,(H,12,13)(H2,10,11,14,15)/t5-,9+/m0/s1. The molecule has 0 aromatic heterocycles. The minimum absolute atomic E-state index is 0.108. The van der Waals surface area contributed by atoms with Gasteiger partial charge in [0.2, 0.25) is 0 Å². The fourth-order valence-electron chi connectivity index (χ4n) is 1.68. The third-order valence-electron chi connectivity index (χ3n) is 2.69. The lowest BCUT2D eigenvalue weighted by atomic mass is 9.86. The van der Waals surface area contributed by atoms with Gasteiger partial charge in [-0.1, -0.05) is 13.8 Å². The van der Waals surface area contributed by atoms with Gasteiger partial charge in [0.25, 0.3) is 5.91 Å². The molecule has 2 atom stereocenters. The van der Waals surface area contributed by atoms with E-state index in [2.05, 4.69) is 10.6 Å². The highest BCUT2D eigenvalue weighted by atomic mass is 16.4. The summed E-state index contributed by atoms with van der Waals surface area (Å²) in [5, 5.41) is 13.4. The summed E-state index contributed by atoms with van der Waals surface area (Å²) < 4.78 is 0. The molecule has 1 rings (SSSR count). The number of carbonyl (C=O) groups is 3. The van der Waals surface area contributed by atoms with Gasteiger partial charge in [-0.3, -0.25) is 14.9 Å². The second kappa shape index (κ2) is 3.88. The molecule has 84 valence electrons. The molecular formula is C9H14N2O4. The van der Waals surface area contributed by atoms with Crippen molar-refractivity contribution in [2.24, 2.45) is 5.92 Å². The summed E-state index contributed by atoms with van der Waals surface area (Å²) in [6, 6.07) is -0.556. The predicted octanol–water partition coefficient (Wildman–Crippen LogP) is 0.0854. The number of urea groups is 1. The molecule has 0 saturated carbocycles. The second-order valence-electron chi connectivity index (χ2n) is 3.79. The van der Waals surface area contributed by atoms with Crippen LogP contribution in [0.1, 0.15) is 26.7 Å². The number of hydrogen-bond acceptors (Lipinski definition) is 3. The Bertz CT molecular complexity index is 315. The molecule has 1 fully saturated rings. The molecule has 1 aliphatic heterocycles. The molecule has 3 N–H and O–H groups in total. The first-order valence-electron chi connectivity index (χ1n) is 4.77. The maximum Gasteiger partial charge on any atom is 0.322 e. The van der Waals surface area contributed by atoms with Crippen LogP contribution < -0.4 is 10.6 Å². The van der Waals surface area contributed by atoms with Crippen molar-refractivity contribution in [2.45, 2.75) is 32.2 Å². The van der Waals surface area contributed by atoms with Gasteiger partial charge in [-0.2, -0.15) is 0 Å². The van der Waals surface area contributed by atoms with E-state index < -0.39 is 29.4 Å². The molecule has 1 aliphatic rings. The van der Waals surface area contributed by atoms with Gasteiger partial charge < -0.3 is 10.4 Å². The van der Waals surface area contributed by atoms with Crippen molar-refractivity contribution in [3.63, 3.8) is 0 Å². The van der Waals surface area contributed by atoms with Crippen LogP contribution in [0.15, 0.2) is 0 Å². The van der Waals surface area contributed by atoms with Crippen molar-refractivity contribution in [1.82, 2.24) is 10.6 Å². The smallest absolute Gasteiger partial charge is 0.322 e. The van der Waals surface area contributed by atoms with E-state index >= 15 is 0 Å². The number of carboxylic acids is 1. The number of rotatable bonds is 4. The van der Waals surface area contributed by atoms with Gasteiger partial charge in [-0.05, 0) is 12.8 Å². The van der Waals surface area contributed by atoms with E-state index in [9.17, 15) is 14.4 Å². The molecule has 1 heterocycles. The van der Waals surface area contributed by atoms with Gasteiger partial charge >= 0.3 is 12.0 Å². The highest BCUT2D eigenvalue weighted by Gasteiger charge is 2.46. The molecule has 0 aliphatic carbocycles. The summed E-state index contributed by atoms with van der Waals surface area (Å²) in [6.45, 7) is 3.25. The van der Waals surface area contributed by atoms with Crippen molar-refractivity contribution >= 4 is 17.9 Å². The first kappa shape index (κ1) is 11.5. The lowest BCUT2D eigenvalue weighted by Crippen LogP contribution is -2.48. The van der Waals surface area contributed by atoms with Gasteiger partial charge in [0.05, 0.1) is 5.92 Å². The SMILES string of the molecule is CC[C@]1(C[C@H](C)C(=O)O)NC(=O)NC1=O. The van der Waals surface area contributed by atoms with Crippen LogP contribution in [0.5, 0.6) is 0 Å². The van der Waals surface area contributed by atoms with E-state index in [1.165, 1.54) is 6.92 Å². The topological polar surface area (TPSA) is 95.5 Å². The molecule has 3 amide bonds. The van der Waals surface area contributed by atoms with Crippen LogP contribution in [0.25, 0.3) is 0 Å². The van der Waals surface area contributed by atoms with Gasteiger partial charge in [0, 0.05) is 0 Å². The number of aliphatic carboxylic acids is 1. The van der Waals surface area contributed by atoms with Crippen molar-refractivity contribution in [1.29, 1.82) is 0 Å². The number of hydrogen-bond donors (Lipinski definition) is 3. The van der Waals surface area contributed by atoms with Gasteiger partial charge in [0.1, 0.15) is 5.54 Å². The van der Waals surface area contributed by atoms with E-state index in [0.29, 0.717) is 6.42 Å². The van der Waals surface area contributed by atoms with Crippen LogP contribution in [0.2, 0.25) is 0 Å². The van der Waals surface area contributed by atoms with Crippen LogP contribution >= 0.6 is 0 Å². The van der Waals surface area contributed by atoms with Crippen molar-refractivity contribution in [2.75, 3.05) is 0 Å². The number of carbonyl (C=O) groups excluding carboxylic acids is 2. The number of imide groups is 1. The minimum Gasteiger partial charge on any atom is -0.481 e. The molecule has 0 unspecified atom stereocenters. The quantitative estimate of drug-likeness (QED) is 0.578. The molecule has 15 heavy (non-hydrogen) atoms. The summed E-state index contributed by atoms with van der Waals surface area (Å²) in [4.78, 5) is 33.2. The van der Waals surface area contributed by atoms with Crippen molar-refractivity contribution < 1.29 is 19.5 Å². The summed E-state index contributed by atoms with van der Waals surface area (Å²) in [5.41, 5.74) is -1.06. The summed E-state index contributed by atoms with van der Waals surface area (Å²) in [5.74, 6) is -2.09. The molecule has 0 radical (unpaired) electrons. The minimum atomic E-state index is -1.06. The largest absolute Gasteiger partial charge is 0.481 e. The van der Waals surface area contributed by atoms with Crippen LogP contribution in [0.4, 0.5) is 4.79 Å². The number of nitrogens with one attached hydrogen (secondary N) is 2. The molecule has 0 bridgehead atoms. The van der Waals surface area contributed by atoms with Crippen LogP contribution in [0.3, 0.4) is 0 Å². The third-order valence-corrected chi connectivity index (χ3v) is 2.69. The molecule has 0 aromatic carbocycles. The summed E-state index contributed by atoms with van der Waals surface area (Å²) >= 11 is 0. The normalized spacial score (nSPS) is 27.1. The van der Waals surface area contributed by atoms with Crippen LogP contribution in [-0.4, -0.2) is 28.6 Å². The van der Waals surface area contributed by atoms with E-state index in [4.69, 9.17) is 5.11 Å². The summed E-state index contributed by atoms with van der Waals surface area (Å²) in [6.07, 6.45) is 0.485. The fraction of sp³-hybridized carbons (Fsp3) is 0.667. The fourth-order valence-corrected chi connectivity index (χ4v) is 1.68. The zero-order valence-corrected chi connectivity index (χ0v) is 8.66. The molecule has 1 saturated heterocycles. The Morgan fingerprint density at radius 1 is 1.53 bits per heavy atom. The Balaban J connectivity index is 2.82. The Labute approximate surface area is 87.0 Å². The molecule has 0 spiro atoms. The average Bonchev–Trinajstić information content (AvgIpc) is 2.42. The zero-order valence-electron chi connectivity index (χ0n) is 8.66. The Hall–Kier alpha value is -1.59. The van der Waals surface area contributed by atoms with Crippen molar-refractivity contribution in [3.8, 4) is 0 Å². The Morgan fingerprint density at radius 2 is 2.13 bits per heavy atom. The molecular weight excluding hydrogens is 200 g/mol. The summed E-state index contributed by atoms with van der Waals surface area (Å²) in [7, 11) is 0. The lowest BCUT2D eigenvalue weighted by molar-refractivity contribution is -0.142. The first-order chi connectivity index (χ1) is 6.91. The van der Waals surface area contributed by atoms with Gasteiger partial charge in [-0.25, -0.2) is 4.79 Å². The van der Waals surface area contributed by atoms with E-state index in [1.54, 1.807) is 6.92 Å². The second-order valence-corrected chi connectivity index (χ2v) is 3.79. The first-order valence-corrected chi connectivity index (χ1v) is 4.77. The molecule has 0 aromatic rings. The Morgan fingerprint density at radius 3 is 2.47 bits per heavy atom. The predicted molar refractivity (Wildman–Crippen MR) is 51.1 cm³/mol. The molecule has 6 nitrogen and oxygen atoms in total. The van der Waals surface area contributed by atoms with E-state index in [-0.39, 0.29) is 6.42 Å². The van der Waals surface area contributed by atoms with Gasteiger partial charge in [-0.15, -0.1) is 0 Å². The molecule has 6 heteroatoms. The third kappa shape index (κ3) is 2.08. The highest BCUT2D eigenvalue weighted by Crippen LogP contribution is 2.24. The maximum absolute atomic E-state index is 11.5. The number of amides is 3. The van der Waals surface area contributed by atoms with E-state index in [1.807, 2.05) is 0 Å². The van der Waals surface area contributed by atoms with Crippen molar-refractivity contribution in [3.05, 3.63) is 0 Å². The Kier molecular flexibility index (Phi) is 2.97. The number of carboxylic acid groups (broad SMARTS) is 1. The monoisotopic (exact) mass is 214 g/mol. The zero-order chi connectivity index (χ0) is 11.6. The maximum atomic E-state index is 11.5. The van der Waals surface area contributed by atoms with E-state index in [0.717, 1.165) is 0 Å². The highest BCUT2D eigenvalue weighted by molar-refractivity contribution is 6.07. The van der Waals surface area contributed by atoms with Crippen LogP contribution in [-0.2, 0) is 9.59 Å². The van der Waals surface area contributed by atoms with Crippen LogP contribution in [0, 0.1) is 5.92 Å². The lowest BCUT2D eigenvalue weighted by Gasteiger charge is -2.25. The average molecular weight is 214 g/mol. The van der Waals surface area contributed by atoms with Gasteiger partial charge in [0.15, 0.2) is 0 Å².